The Kier molecular flexibility index (Phi) is 4.88. The van der Waals surface area contributed by atoms with Gasteiger partial charge in [-0.05, 0) is 61.1 Å². The number of hydrogen-bond donors (Lipinski definition) is 2. The van der Waals surface area contributed by atoms with Gasteiger partial charge in [0.1, 0.15) is 0 Å². The van der Waals surface area contributed by atoms with Crippen molar-refractivity contribution in [3.63, 3.8) is 0 Å². The van der Waals surface area contributed by atoms with E-state index in [0.29, 0.717) is 11.6 Å². The van der Waals surface area contributed by atoms with E-state index in [1.165, 1.54) is 12.8 Å². The Morgan fingerprint density at radius 1 is 1.50 bits per heavy atom. The van der Waals surface area contributed by atoms with Gasteiger partial charge in [0.25, 0.3) is 0 Å². The van der Waals surface area contributed by atoms with E-state index in [4.69, 9.17) is 10.9 Å². The molecule has 1 aliphatic rings. The first-order valence-corrected chi connectivity index (χ1v) is 7.51. The molecule has 2 rings (SSSR count). The van der Waals surface area contributed by atoms with Gasteiger partial charge in [0.05, 0.1) is 5.69 Å². The summed E-state index contributed by atoms with van der Waals surface area (Å²) in [6.07, 6.45) is 2.43. The van der Waals surface area contributed by atoms with Crippen LogP contribution in [-0.4, -0.2) is 49.2 Å². The van der Waals surface area contributed by atoms with Gasteiger partial charge in [-0.1, -0.05) is 5.16 Å². The van der Waals surface area contributed by atoms with Crippen molar-refractivity contribution >= 4 is 27.5 Å². The lowest BCUT2D eigenvalue weighted by Gasteiger charge is -2.38. The summed E-state index contributed by atoms with van der Waals surface area (Å²) in [7, 11) is 4.26. The molecule has 110 valence electrons. The second-order valence-corrected chi connectivity index (χ2v) is 6.21. The molecule has 1 aliphatic heterocycles. The summed E-state index contributed by atoms with van der Waals surface area (Å²) in [5, 5.41) is 11.8. The van der Waals surface area contributed by atoms with E-state index in [9.17, 15) is 0 Å². The van der Waals surface area contributed by atoms with E-state index >= 15 is 0 Å². The molecule has 0 radical (unpaired) electrons. The summed E-state index contributed by atoms with van der Waals surface area (Å²) in [5.41, 5.74) is 7.48. The van der Waals surface area contributed by atoms with Crippen LogP contribution < -0.4 is 10.6 Å². The third-order valence-electron chi connectivity index (χ3n) is 3.82. The van der Waals surface area contributed by atoms with E-state index in [1.807, 2.05) is 18.2 Å². The summed E-state index contributed by atoms with van der Waals surface area (Å²) >= 11 is 3.59. The molecule has 0 amide bonds. The van der Waals surface area contributed by atoms with E-state index in [1.54, 1.807) is 0 Å². The number of piperidine rings is 1. The standard InChI is InChI=1S/C14H21BrN4O/c1-18(2)11-4-3-7-19(9-11)13-6-5-10(8-12(13)15)14(16)17-20/h5-6,8,11,20H,3-4,7,9H2,1-2H3,(H2,16,17). The van der Waals surface area contributed by atoms with Crippen LogP contribution in [0.5, 0.6) is 0 Å². The molecule has 0 aromatic heterocycles. The Hall–Kier alpha value is -1.27. The van der Waals surface area contributed by atoms with Crippen molar-refractivity contribution in [3.8, 4) is 0 Å². The number of benzene rings is 1. The van der Waals surface area contributed by atoms with Gasteiger partial charge in [0.15, 0.2) is 5.84 Å². The molecular weight excluding hydrogens is 320 g/mol. The van der Waals surface area contributed by atoms with Crippen LogP contribution in [0, 0.1) is 0 Å². The van der Waals surface area contributed by atoms with Crippen LogP contribution in [0.1, 0.15) is 18.4 Å². The number of rotatable bonds is 3. The van der Waals surface area contributed by atoms with Crippen LogP contribution in [0.2, 0.25) is 0 Å². The maximum absolute atomic E-state index is 8.72. The molecule has 1 saturated heterocycles. The summed E-state index contributed by atoms with van der Waals surface area (Å²) < 4.78 is 0.973. The van der Waals surface area contributed by atoms with Gasteiger partial charge >= 0.3 is 0 Å². The van der Waals surface area contributed by atoms with Crippen molar-refractivity contribution in [2.45, 2.75) is 18.9 Å². The molecule has 6 heteroatoms. The average Bonchev–Trinajstić information content (AvgIpc) is 2.46. The van der Waals surface area contributed by atoms with Gasteiger partial charge in [-0.25, -0.2) is 0 Å². The van der Waals surface area contributed by atoms with E-state index in [-0.39, 0.29) is 5.84 Å². The number of halogens is 1. The molecule has 1 aromatic rings. The van der Waals surface area contributed by atoms with E-state index < -0.39 is 0 Å². The highest BCUT2D eigenvalue weighted by Gasteiger charge is 2.22. The van der Waals surface area contributed by atoms with Crippen molar-refractivity contribution in [2.75, 3.05) is 32.1 Å². The Morgan fingerprint density at radius 2 is 2.25 bits per heavy atom. The third-order valence-corrected chi connectivity index (χ3v) is 4.45. The maximum Gasteiger partial charge on any atom is 0.170 e. The Bertz CT molecular complexity index is 504. The van der Waals surface area contributed by atoms with Crippen molar-refractivity contribution in [3.05, 3.63) is 28.2 Å². The molecule has 5 nitrogen and oxygen atoms in total. The topological polar surface area (TPSA) is 65.1 Å². The van der Waals surface area contributed by atoms with E-state index in [0.717, 1.165) is 23.2 Å². The molecule has 1 atom stereocenters. The molecule has 0 aliphatic carbocycles. The highest BCUT2D eigenvalue weighted by atomic mass is 79.9. The van der Waals surface area contributed by atoms with Gasteiger partial charge in [0.2, 0.25) is 0 Å². The van der Waals surface area contributed by atoms with Gasteiger partial charge in [-0.3, -0.25) is 0 Å². The SMILES string of the molecule is CN(C)C1CCCN(c2ccc(/C(N)=N/O)cc2Br)C1. The molecule has 0 bridgehead atoms. The normalized spacial score (nSPS) is 20.5. The Morgan fingerprint density at radius 3 is 2.85 bits per heavy atom. The Labute approximate surface area is 128 Å². The molecule has 1 aromatic carbocycles. The Balaban J connectivity index is 2.20. The lowest BCUT2D eigenvalue weighted by atomic mass is 10.0. The monoisotopic (exact) mass is 340 g/mol. The summed E-state index contributed by atoms with van der Waals surface area (Å²) in [5.74, 6) is 0.127. The molecule has 1 heterocycles. The fourth-order valence-corrected chi connectivity index (χ4v) is 3.21. The minimum absolute atomic E-state index is 0.127. The van der Waals surface area contributed by atoms with Crippen LogP contribution in [0.3, 0.4) is 0 Å². The first kappa shape index (κ1) is 15.1. The molecule has 3 N–H and O–H groups in total. The number of hydrogen-bond acceptors (Lipinski definition) is 4. The van der Waals surface area contributed by atoms with Crippen LogP contribution in [-0.2, 0) is 0 Å². The minimum Gasteiger partial charge on any atom is -0.409 e. The van der Waals surface area contributed by atoms with Gasteiger partial charge < -0.3 is 20.7 Å². The predicted octanol–water partition coefficient (Wildman–Crippen LogP) is 2.07. The number of nitrogens with zero attached hydrogens (tertiary/aromatic N) is 3. The number of anilines is 1. The number of likely N-dealkylation sites (N-methyl/N-ethyl adjacent to an activating group) is 1. The summed E-state index contributed by atoms with van der Waals surface area (Å²) in [6.45, 7) is 2.08. The quantitative estimate of drug-likeness (QED) is 0.382. The molecule has 20 heavy (non-hydrogen) atoms. The zero-order chi connectivity index (χ0) is 14.7. The van der Waals surface area contributed by atoms with Crippen molar-refractivity contribution in [1.82, 2.24) is 4.90 Å². The fourth-order valence-electron chi connectivity index (χ4n) is 2.58. The predicted molar refractivity (Wildman–Crippen MR) is 85.6 cm³/mol. The first-order chi connectivity index (χ1) is 9.52. The number of oxime groups is 1. The minimum atomic E-state index is 0.127. The lowest BCUT2D eigenvalue weighted by Crippen LogP contribution is -2.45. The molecule has 1 unspecified atom stereocenters. The van der Waals surface area contributed by atoms with Crippen LogP contribution >= 0.6 is 15.9 Å². The largest absolute Gasteiger partial charge is 0.409 e. The van der Waals surface area contributed by atoms with Gasteiger partial charge in [-0.2, -0.15) is 0 Å². The number of amidine groups is 1. The maximum atomic E-state index is 8.72. The van der Waals surface area contributed by atoms with Crippen LogP contribution in [0.25, 0.3) is 0 Å². The summed E-state index contributed by atoms with van der Waals surface area (Å²) in [6, 6.07) is 6.38. The van der Waals surface area contributed by atoms with E-state index in [2.05, 4.69) is 45.0 Å². The van der Waals surface area contributed by atoms with Gasteiger partial charge in [0, 0.05) is 29.2 Å². The molecular formula is C14H21BrN4O. The first-order valence-electron chi connectivity index (χ1n) is 6.71. The highest BCUT2D eigenvalue weighted by Crippen LogP contribution is 2.30. The van der Waals surface area contributed by atoms with Crippen molar-refractivity contribution < 1.29 is 5.21 Å². The number of nitrogens with two attached hydrogens (primary N) is 1. The van der Waals surface area contributed by atoms with Crippen LogP contribution in [0.4, 0.5) is 5.69 Å². The van der Waals surface area contributed by atoms with Crippen molar-refractivity contribution in [1.29, 1.82) is 0 Å². The highest BCUT2D eigenvalue weighted by molar-refractivity contribution is 9.10. The van der Waals surface area contributed by atoms with Crippen molar-refractivity contribution in [2.24, 2.45) is 10.9 Å². The van der Waals surface area contributed by atoms with Gasteiger partial charge in [-0.15, -0.1) is 0 Å². The fraction of sp³-hybridized carbons (Fsp3) is 0.500. The smallest absolute Gasteiger partial charge is 0.170 e. The summed E-state index contributed by atoms with van der Waals surface area (Å²) in [4.78, 5) is 4.67. The molecule has 1 fully saturated rings. The zero-order valence-corrected chi connectivity index (χ0v) is 13.5. The lowest BCUT2D eigenvalue weighted by molar-refractivity contribution is 0.258. The zero-order valence-electron chi connectivity index (χ0n) is 11.9. The average molecular weight is 341 g/mol. The molecule has 0 saturated carbocycles. The second-order valence-electron chi connectivity index (χ2n) is 5.36. The van der Waals surface area contributed by atoms with Crippen LogP contribution in [0.15, 0.2) is 27.8 Å². The molecule has 0 spiro atoms. The third kappa shape index (κ3) is 3.24. The second kappa shape index (κ2) is 6.45.